The van der Waals surface area contributed by atoms with Crippen molar-refractivity contribution in [1.82, 2.24) is 0 Å². The van der Waals surface area contributed by atoms with Crippen molar-refractivity contribution in [2.45, 2.75) is 57.7 Å². The second-order valence-electron chi connectivity index (χ2n) is 5.41. The highest BCUT2D eigenvalue weighted by molar-refractivity contribution is 5.87. The highest BCUT2D eigenvalue weighted by atomic mass is 16.6. The summed E-state index contributed by atoms with van der Waals surface area (Å²) in [6, 6.07) is 0.245. The molecule has 0 spiro atoms. The summed E-state index contributed by atoms with van der Waals surface area (Å²) < 4.78 is 5.33. The summed E-state index contributed by atoms with van der Waals surface area (Å²) in [5, 5.41) is 12.3. The summed E-state index contributed by atoms with van der Waals surface area (Å²) in [5.41, 5.74) is 0.641. The van der Waals surface area contributed by atoms with Crippen LogP contribution in [0.2, 0.25) is 0 Å². The summed E-state index contributed by atoms with van der Waals surface area (Å²) >= 11 is 0. The van der Waals surface area contributed by atoms with Gasteiger partial charge in [0.1, 0.15) is 6.10 Å². The number of hydrogen-bond acceptors (Lipinski definition) is 3. The lowest BCUT2D eigenvalue weighted by Gasteiger charge is -2.50. The molecule has 0 aromatic heterocycles. The number of fused-ring (bicyclic) bond motifs is 2. The van der Waals surface area contributed by atoms with Gasteiger partial charge in [-0.1, -0.05) is 6.08 Å². The lowest BCUT2D eigenvalue weighted by Crippen LogP contribution is -2.54. The van der Waals surface area contributed by atoms with E-state index in [0.29, 0.717) is 5.57 Å². The van der Waals surface area contributed by atoms with Gasteiger partial charge in [0.2, 0.25) is 0 Å². The van der Waals surface area contributed by atoms with E-state index in [2.05, 4.69) is 0 Å². The lowest BCUT2D eigenvalue weighted by molar-refractivity contribution is -0.903. The highest BCUT2D eigenvalue weighted by Crippen LogP contribution is 2.41. The number of allylic oxidation sites excluding steroid dienone is 1. The van der Waals surface area contributed by atoms with Gasteiger partial charge in [-0.2, -0.15) is 0 Å². The van der Waals surface area contributed by atoms with Crippen molar-refractivity contribution in [2.75, 3.05) is 7.05 Å². The molecule has 0 saturated carbocycles. The zero-order valence-corrected chi connectivity index (χ0v) is 10.8. The summed E-state index contributed by atoms with van der Waals surface area (Å²) in [4.78, 5) is 11.7. The maximum absolute atomic E-state index is 12.3. The third kappa shape index (κ3) is 2.24. The average molecular weight is 239 g/mol. The molecule has 0 aliphatic carbocycles. The smallest absolute Gasteiger partial charge is 0.333 e. The first-order valence-corrected chi connectivity index (χ1v) is 6.36. The van der Waals surface area contributed by atoms with Crippen molar-refractivity contribution >= 4 is 5.97 Å². The normalized spacial score (nSPS) is 41.4. The third-order valence-corrected chi connectivity index (χ3v) is 4.38. The number of hydroxylamine groups is 3. The Balaban J connectivity index is 1.97. The van der Waals surface area contributed by atoms with E-state index in [-0.39, 0.29) is 28.8 Å². The minimum absolute atomic E-state index is 0.0601. The quantitative estimate of drug-likeness (QED) is 0.321. The number of piperidine rings is 1. The molecule has 0 aromatic carbocycles. The zero-order chi connectivity index (χ0) is 12.6. The maximum Gasteiger partial charge on any atom is 0.333 e. The molecule has 2 aliphatic heterocycles. The molecule has 0 amide bonds. The lowest BCUT2D eigenvalue weighted by atomic mass is 10.00. The maximum atomic E-state index is 12.3. The molecule has 2 saturated heterocycles. The van der Waals surface area contributed by atoms with Crippen LogP contribution in [0.4, 0.5) is 0 Å². The van der Waals surface area contributed by atoms with Crippen molar-refractivity contribution in [2.24, 2.45) is 0 Å². The van der Waals surface area contributed by atoms with Crippen LogP contribution in [0.25, 0.3) is 0 Å². The van der Waals surface area contributed by atoms with Crippen LogP contribution in [-0.2, 0) is 9.53 Å². The monoisotopic (exact) mass is 239 g/mol. The number of carbonyl (C=O) groups excluding carboxylic acids is 1. The van der Waals surface area contributed by atoms with E-state index in [4.69, 9.17) is 4.74 Å². The molecule has 0 radical (unpaired) electrons. The zero-order valence-electron chi connectivity index (χ0n) is 10.8. The summed E-state index contributed by atoms with van der Waals surface area (Å²) in [6.45, 7) is 3.58. The van der Waals surface area contributed by atoms with Crippen LogP contribution in [0.3, 0.4) is 0 Å². The van der Waals surface area contributed by atoms with E-state index < -0.39 is 0 Å². The van der Waals surface area contributed by atoms with Gasteiger partial charge in [0.25, 0.3) is 0 Å². The van der Waals surface area contributed by atoms with E-state index >= 15 is 0 Å². The van der Waals surface area contributed by atoms with Crippen LogP contribution < -0.4 is 0 Å². The molecule has 2 aliphatic rings. The molecule has 4 nitrogen and oxygen atoms in total. The van der Waals surface area contributed by atoms with E-state index in [9.17, 15) is 10.0 Å². The van der Waals surface area contributed by atoms with E-state index in [1.165, 1.54) is 0 Å². The standard InChI is InChI=1S/C13H21NO3/c1-4-9(2)13(15)17-12-7-10-5-6-11(8-12)14(10,3)16/h4,10-12H,5-8H2,1-3H3/b9-4+. The predicted molar refractivity (Wildman–Crippen MR) is 64.9 cm³/mol. The molecule has 4 heteroatoms. The van der Waals surface area contributed by atoms with Gasteiger partial charge in [-0.3, -0.25) is 0 Å². The first-order chi connectivity index (χ1) is 7.95. The minimum Gasteiger partial charge on any atom is -0.633 e. The second kappa shape index (κ2) is 4.42. The van der Waals surface area contributed by atoms with Gasteiger partial charge in [0.15, 0.2) is 0 Å². The van der Waals surface area contributed by atoms with Gasteiger partial charge >= 0.3 is 5.97 Å². The molecule has 0 N–H and O–H groups in total. The first-order valence-electron chi connectivity index (χ1n) is 6.36. The second-order valence-corrected chi connectivity index (χ2v) is 5.41. The molecule has 2 rings (SSSR count). The Morgan fingerprint density at radius 3 is 2.35 bits per heavy atom. The number of quaternary nitrogens is 1. The Hall–Kier alpha value is -0.870. The first kappa shape index (κ1) is 12.6. The summed E-state index contributed by atoms with van der Waals surface area (Å²) in [6.07, 6.45) is 5.09. The minimum atomic E-state index is -0.237. The number of esters is 1. The molecule has 2 heterocycles. The van der Waals surface area contributed by atoms with Crippen LogP contribution in [0.5, 0.6) is 0 Å². The molecule has 2 atom stereocenters. The number of hydrogen-bond donors (Lipinski definition) is 0. The van der Waals surface area contributed by atoms with Gasteiger partial charge in [0, 0.05) is 31.3 Å². The van der Waals surface area contributed by atoms with Crippen LogP contribution in [0, 0.1) is 5.21 Å². The Bertz CT molecular complexity index is 333. The van der Waals surface area contributed by atoms with Gasteiger partial charge < -0.3 is 14.6 Å². The number of ether oxygens (including phenoxy) is 1. The molecule has 2 unspecified atom stereocenters. The SMILES string of the molecule is C/C=C(\C)C(=O)OC1CC2CCC(C1)[N+]2(C)[O-]. The number of carbonyl (C=O) groups is 1. The fourth-order valence-electron chi connectivity index (χ4n) is 3.01. The molecule has 96 valence electrons. The molecule has 0 aromatic rings. The van der Waals surface area contributed by atoms with E-state index in [1.54, 1.807) is 20.0 Å². The van der Waals surface area contributed by atoms with E-state index in [1.807, 2.05) is 6.92 Å². The Kier molecular flexibility index (Phi) is 3.27. The van der Waals surface area contributed by atoms with Crippen molar-refractivity contribution in [1.29, 1.82) is 0 Å². The van der Waals surface area contributed by atoms with Crippen molar-refractivity contribution < 1.29 is 14.2 Å². The van der Waals surface area contributed by atoms with Crippen LogP contribution in [-0.4, -0.2) is 35.9 Å². The van der Waals surface area contributed by atoms with Crippen LogP contribution in [0.15, 0.2) is 11.6 Å². The van der Waals surface area contributed by atoms with Crippen molar-refractivity contribution in [3.05, 3.63) is 16.9 Å². The van der Waals surface area contributed by atoms with Crippen LogP contribution in [0.1, 0.15) is 39.5 Å². The molecule has 2 fully saturated rings. The van der Waals surface area contributed by atoms with Gasteiger partial charge in [-0.25, -0.2) is 4.79 Å². The largest absolute Gasteiger partial charge is 0.633 e. The summed E-state index contributed by atoms with van der Waals surface area (Å²) in [5.74, 6) is -0.237. The Morgan fingerprint density at radius 2 is 1.88 bits per heavy atom. The summed E-state index contributed by atoms with van der Waals surface area (Å²) in [7, 11) is 1.76. The Morgan fingerprint density at radius 1 is 1.35 bits per heavy atom. The van der Waals surface area contributed by atoms with Crippen molar-refractivity contribution in [3.8, 4) is 0 Å². The molecule has 17 heavy (non-hydrogen) atoms. The average Bonchev–Trinajstić information content (AvgIpc) is 2.49. The van der Waals surface area contributed by atoms with E-state index in [0.717, 1.165) is 25.7 Å². The fourth-order valence-corrected chi connectivity index (χ4v) is 3.01. The molecule has 2 bridgehead atoms. The third-order valence-electron chi connectivity index (χ3n) is 4.38. The number of rotatable bonds is 2. The predicted octanol–water partition coefficient (Wildman–Crippen LogP) is 2.13. The van der Waals surface area contributed by atoms with Gasteiger partial charge in [-0.15, -0.1) is 0 Å². The van der Waals surface area contributed by atoms with Crippen molar-refractivity contribution in [3.63, 3.8) is 0 Å². The van der Waals surface area contributed by atoms with Gasteiger partial charge in [-0.05, 0) is 13.8 Å². The van der Waals surface area contributed by atoms with Crippen LogP contribution >= 0.6 is 0 Å². The highest BCUT2D eigenvalue weighted by Gasteiger charge is 2.47. The topological polar surface area (TPSA) is 49.4 Å². The molecular formula is C13H21NO3. The van der Waals surface area contributed by atoms with Gasteiger partial charge in [0.05, 0.1) is 19.1 Å². The Labute approximate surface area is 102 Å². The molecular weight excluding hydrogens is 218 g/mol. The fraction of sp³-hybridized carbons (Fsp3) is 0.769. The number of nitrogens with zero attached hydrogens (tertiary/aromatic N) is 1.